The Kier molecular flexibility index (Phi) is 2.88. The molecule has 4 nitrogen and oxygen atoms in total. The number of nitriles is 1. The second-order valence-electron chi connectivity index (χ2n) is 3.29. The van der Waals surface area contributed by atoms with Gasteiger partial charge in [0.25, 0.3) is 0 Å². The first-order valence-electron chi connectivity index (χ1n) is 5.04. The van der Waals surface area contributed by atoms with Crippen molar-refractivity contribution in [2.24, 2.45) is 0 Å². The van der Waals surface area contributed by atoms with E-state index in [1.807, 2.05) is 6.92 Å². The summed E-state index contributed by atoms with van der Waals surface area (Å²) in [7, 11) is 0. The molecule has 1 aromatic carbocycles. The van der Waals surface area contributed by atoms with Crippen molar-refractivity contribution in [3.8, 4) is 17.6 Å². The molecule has 0 aliphatic carbocycles. The van der Waals surface area contributed by atoms with E-state index in [4.69, 9.17) is 10.00 Å². The van der Waals surface area contributed by atoms with Crippen molar-refractivity contribution in [1.29, 1.82) is 5.26 Å². The van der Waals surface area contributed by atoms with Gasteiger partial charge >= 0.3 is 0 Å². The highest BCUT2D eigenvalue weighted by atomic mass is 16.5. The lowest BCUT2D eigenvalue weighted by molar-refractivity contribution is 0.477. The fourth-order valence-electron chi connectivity index (χ4n) is 1.37. The summed E-state index contributed by atoms with van der Waals surface area (Å²) >= 11 is 0. The van der Waals surface area contributed by atoms with E-state index in [0.29, 0.717) is 11.3 Å². The summed E-state index contributed by atoms with van der Waals surface area (Å²) in [6.07, 6.45) is 2.53. The minimum Gasteiger partial charge on any atom is -0.454 e. The van der Waals surface area contributed by atoms with Gasteiger partial charge in [-0.3, -0.25) is 5.10 Å². The van der Waals surface area contributed by atoms with Gasteiger partial charge in [0, 0.05) is 0 Å². The minimum atomic E-state index is 0.621. The van der Waals surface area contributed by atoms with Gasteiger partial charge in [-0.2, -0.15) is 10.4 Å². The van der Waals surface area contributed by atoms with Crippen LogP contribution in [0.5, 0.6) is 11.5 Å². The lowest BCUT2D eigenvalue weighted by Crippen LogP contribution is -1.88. The van der Waals surface area contributed by atoms with Crippen LogP contribution in [-0.4, -0.2) is 10.2 Å². The van der Waals surface area contributed by atoms with Gasteiger partial charge in [0.15, 0.2) is 5.75 Å². The molecule has 4 heteroatoms. The number of hydrogen-bond donors (Lipinski definition) is 1. The lowest BCUT2D eigenvalue weighted by atomic mass is 10.2. The molecule has 16 heavy (non-hydrogen) atoms. The maximum absolute atomic E-state index is 8.66. The summed E-state index contributed by atoms with van der Waals surface area (Å²) in [6.45, 7) is 2.02. The van der Waals surface area contributed by atoms with E-state index >= 15 is 0 Å². The zero-order chi connectivity index (χ0) is 11.4. The normalized spacial score (nSPS) is 9.75. The molecule has 0 bridgehead atoms. The maximum Gasteiger partial charge on any atom is 0.168 e. The molecule has 0 saturated heterocycles. The number of aromatic nitrogens is 2. The van der Waals surface area contributed by atoms with Crippen LogP contribution in [0.2, 0.25) is 0 Å². The van der Waals surface area contributed by atoms with Gasteiger partial charge in [-0.15, -0.1) is 0 Å². The number of benzene rings is 1. The largest absolute Gasteiger partial charge is 0.454 e. The van der Waals surface area contributed by atoms with Crippen molar-refractivity contribution in [2.45, 2.75) is 13.3 Å². The van der Waals surface area contributed by atoms with E-state index in [0.717, 1.165) is 17.9 Å². The molecule has 80 valence electrons. The van der Waals surface area contributed by atoms with Crippen molar-refractivity contribution >= 4 is 0 Å². The molecule has 0 spiro atoms. The van der Waals surface area contributed by atoms with Gasteiger partial charge < -0.3 is 4.74 Å². The Morgan fingerprint density at radius 2 is 2.12 bits per heavy atom. The minimum absolute atomic E-state index is 0.621. The number of H-pyrrole nitrogens is 1. The first kappa shape index (κ1) is 10.2. The van der Waals surface area contributed by atoms with Crippen LogP contribution < -0.4 is 4.74 Å². The number of nitrogens with one attached hydrogen (secondary N) is 1. The lowest BCUT2D eigenvalue weighted by Gasteiger charge is -2.04. The highest BCUT2D eigenvalue weighted by Crippen LogP contribution is 2.23. The average molecular weight is 213 g/mol. The molecule has 1 N–H and O–H groups in total. The van der Waals surface area contributed by atoms with Crippen molar-refractivity contribution in [3.63, 3.8) is 0 Å². The first-order chi connectivity index (χ1) is 7.83. The van der Waals surface area contributed by atoms with Gasteiger partial charge in [-0.1, -0.05) is 6.92 Å². The standard InChI is InChI=1S/C12H11N3O/c1-2-11-12(8-14-15-11)16-10-5-3-9(7-13)4-6-10/h3-6,8H,2H2,1H3,(H,14,15). The number of rotatable bonds is 3. The van der Waals surface area contributed by atoms with E-state index in [2.05, 4.69) is 16.3 Å². The molecule has 0 amide bonds. The topological polar surface area (TPSA) is 61.7 Å². The van der Waals surface area contributed by atoms with Crippen molar-refractivity contribution in [3.05, 3.63) is 41.7 Å². The van der Waals surface area contributed by atoms with Crippen LogP contribution in [0.1, 0.15) is 18.2 Å². The highest BCUT2D eigenvalue weighted by molar-refractivity contribution is 5.37. The Balaban J connectivity index is 2.18. The summed E-state index contributed by atoms with van der Waals surface area (Å²) in [5.74, 6) is 1.43. The van der Waals surface area contributed by atoms with Gasteiger partial charge in [0.2, 0.25) is 0 Å². The molecule has 0 aliphatic heterocycles. The maximum atomic E-state index is 8.66. The number of aromatic amines is 1. The molecule has 1 aromatic heterocycles. The van der Waals surface area contributed by atoms with E-state index in [-0.39, 0.29) is 0 Å². The van der Waals surface area contributed by atoms with E-state index in [1.165, 1.54) is 0 Å². The Morgan fingerprint density at radius 3 is 2.75 bits per heavy atom. The average Bonchev–Trinajstić information content (AvgIpc) is 2.77. The molecule has 0 saturated carbocycles. The summed E-state index contributed by atoms with van der Waals surface area (Å²) in [5.41, 5.74) is 1.51. The Hall–Kier alpha value is -2.28. The molecule has 0 fully saturated rings. The van der Waals surface area contributed by atoms with Crippen molar-refractivity contribution in [2.75, 3.05) is 0 Å². The number of nitrogens with zero attached hydrogens (tertiary/aromatic N) is 2. The van der Waals surface area contributed by atoms with Crippen molar-refractivity contribution < 1.29 is 4.74 Å². The molecular formula is C12H11N3O. The van der Waals surface area contributed by atoms with Crippen LogP contribution in [0.3, 0.4) is 0 Å². The Morgan fingerprint density at radius 1 is 1.38 bits per heavy atom. The SMILES string of the molecule is CCc1n[nH]cc1Oc1ccc(C#N)cc1. The molecular weight excluding hydrogens is 202 g/mol. The van der Waals surface area contributed by atoms with Gasteiger partial charge in [-0.25, -0.2) is 0 Å². The molecule has 2 rings (SSSR count). The quantitative estimate of drug-likeness (QED) is 0.852. The Labute approximate surface area is 93.5 Å². The fourth-order valence-corrected chi connectivity index (χ4v) is 1.37. The smallest absolute Gasteiger partial charge is 0.168 e. The highest BCUT2D eigenvalue weighted by Gasteiger charge is 2.05. The molecule has 0 unspecified atom stereocenters. The van der Waals surface area contributed by atoms with Gasteiger partial charge in [0.05, 0.1) is 17.8 Å². The third-order valence-electron chi connectivity index (χ3n) is 2.23. The summed E-state index contributed by atoms with van der Waals surface area (Å²) in [6, 6.07) is 9.05. The van der Waals surface area contributed by atoms with Crippen LogP contribution >= 0.6 is 0 Å². The second kappa shape index (κ2) is 4.49. The van der Waals surface area contributed by atoms with Gasteiger partial charge in [-0.05, 0) is 30.7 Å². The van der Waals surface area contributed by atoms with Crippen LogP contribution in [0.25, 0.3) is 0 Å². The molecule has 0 radical (unpaired) electrons. The summed E-state index contributed by atoms with van der Waals surface area (Å²) < 4.78 is 5.64. The van der Waals surface area contributed by atoms with E-state index in [1.54, 1.807) is 30.5 Å². The second-order valence-corrected chi connectivity index (χ2v) is 3.29. The summed E-state index contributed by atoms with van der Waals surface area (Å²) in [4.78, 5) is 0. The van der Waals surface area contributed by atoms with Crippen LogP contribution in [-0.2, 0) is 6.42 Å². The molecule has 0 atom stereocenters. The van der Waals surface area contributed by atoms with Crippen LogP contribution in [0, 0.1) is 11.3 Å². The monoisotopic (exact) mass is 213 g/mol. The molecule has 1 heterocycles. The number of aryl methyl sites for hydroxylation is 1. The molecule has 2 aromatic rings. The number of hydrogen-bond acceptors (Lipinski definition) is 3. The Bertz CT molecular complexity index is 508. The predicted molar refractivity (Wildman–Crippen MR) is 59.2 cm³/mol. The predicted octanol–water partition coefficient (Wildman–Crippen LogP) is 2.64. The zero-order valence-electron chi connectivity index (χ0n) is 8.90. The third-order valence-corrected chi connectivity index (χ3v) is 2.23. The van der Waals surface area contributed by atoms with E-state index in [9.17, 15) is 0 Å². The zero-order valence-corrected chi connectivity index (χ0v) is 8.90. The van der Waals surface area contributed by atoms with Gasteiger partial charge in [0.1, 0.15) is 11.4 Å². The summed E-state index contributed by atoms with van der Waals surface area (Å²) in [5, 5.41) is 15.5. The van der Waals surface area contributed by atoms with Crippen LogP contribution in [0.15, 0.2) is 30.5 Å². The van der Waals surface area contributed by atoms with Crippen LogP contribution in [0.4, 0.5) is 0 Å². The fraction of sp³-hybridized carbons (Fsp3) is 0.167. The molecule has 0 aliphatic rings. The third kappa shape index (κ3) is 2.04. The first-order valence-corrected chi connectivity index (χ1v) is 5.04. The van der Waals surface area contributed by atoms with Crippen molar-refractivity contribution in [1.82, 2.24) is 10.2 Å². The number of ether oxygens (including phenoxy) is 1. The van der Waals surface area contributed by atoms with E-state index < -0.39 is 0 Å².